The summed E-state index contributed by atoms with van der Waals surface area (Å²) in [6.07, 6.45) is -2.80. The fourth-order valence-corrected chi connectivity index (χ4v) is 1.36. The highest BCUT2D eigenvalue weighted by Crippen LogP contribution is 2.18. The maximum atomic E-state index is 12.5. The number of nitrogens with two attached hydrogens (primary N) is 1. The molecule has 94 valence electrons. The van der Waals surface area contributed by atoms with E-state index in [0.717, 1.165) is 0 Å². The van der Waals surface area contributed by atoms with Crippen LogP contribution >= 0.6 is 0 Å². The Morgan fingerprint density at radius 2 is 2.24 bits per heavy atom. The first-order chi connectivity index (χ1) is 8.06. The zero-order valence-electron chi connectivity index (χ0n) is 9.45. The molecule has 0 aliphatic carbocycles. The Morgan fingerprint density at radius 3 is 2.76 bits per heavy atom. The second-order valence-electron chi connectivity index (χ2n) is 3.38. The Bertz CT molecular complexity index is 397. The van der Waals surface area contributed by atoms with Crippen molar-refractivity contribution >= 4 is 5.97 Å². The highest BCUT2D eigenvalue weighted by molar-refractivity contribution is 5.72. The number of pyridine rings is 1. The Labute approximate surface area is 97.8 Å². The summed E-state index contributed by atoms with van der Waals surface area (Å²) < 4.78 is 29.8. The number of esters is 1. The highest BCUT2D eigenvalue weighted by Gasteiger charge is 2.13. The first-order valence-electron chi connectivity index (χ1n) is 5.20. The monoisotopic (exact) mass is 244 g/mol. The molecule has 0 saturated carbocycles. The zero-order chi connectivity index (χ0) is 12.8. The molecule has 0 radical (unpaired) electrons. The summed E-state index contributed by atoms with van der Waals surface area (Å²) in [6.45, 7) is 2.04. The molecule has 0 aliphatic rings. The predicted octanol–water partition coefficient (Wildman–Crippen LogP) is 1.58. The van der Waals surface area contributed by atoms with E-state index in [1.54, 1.807) is 6.92 Å². The maximum Gasteiger partial charge on any atom is 0.311 e. The van der Waals surface area contributed by atoms with Crippen LogP contribution in [0.4, 0.5) is 8.78 Å². The van der Waals surface area contributed by atoms with E-state index in [-0.39, 0.29) is 31.0 Å². The van der Waals surface area contributed by atoms with Crippen molar-refractivity contribution in [3.05, 3.63) is 29.1 Å². The number of halogens is 2. The van der Waals surface area contributed by atoms with Crippen LogP contribution in [0.5, 0.6) is 0 Å². The summed E-state index contributed by atoms with van der Waals surface area (Å²) in [5, 5.41) is 0. The van der Waals surface area contributed by atoms with Crippen LogP contribution in [0.15, 0.2) is 12.1 Å². The van der Waals surface area contributed by atoms with Crippen LogP contribution in [0, 0.1) is 0 Å². The van der Waals surface area contributed by atoms with Crippen LogP contribution < -0.4 is 5.73 Å². The number of ether oxygens (including phenoxy) is 1. The fraction of sp³-hybridized carbons (Fsp3) is 0.455. The molecule has 4 nitrogen and oxygen atoms in total. The maximum absolute atomic E-state index is 12.5. The van der Waals surface area contributed by atoms with Crippen LogP contribution in [-0.4, -0.2) is 17.6 Å². The second-order valence-corrected chi connectivity index (χ2v) is 3.38. The van der Waals surface area contributed by atoms with Crippen LogP contribution in [0.2, 0.25) is 0 Å². The standard InChI is InChI=1S/C11H14F2N2O2/c1-2-17-10(16)5-8-3-7(6-14)4-9(15-8)11(12)13/h3-4,11H,2,5-6,14H2,1H3. The molecule has 0 spiro atoms. The van der Waals surface area contributed by atoms with Crippen LogP contribution in [0.25, 0.3) is 0 Å². The van der Waals surface area contributed by atoms with Gasteiger partial charge in [0.25, 0.3) is 6.43 Å². The second kappa shape index (κ2) is 6.24. The highest BCUT2D eigenvalue weighted by atomic mass is 19.3. The molecule has 0 saturated heterocycles. The number of carbonyl (C=O) groups excluding carboxylic acids is 1. The quantitative estimate of drug-likeness (QED) is 0.799. The summed E-state index contributed by atoms with van der Waals surface area (Å²) >= 11 is 0. The van der Waals surface area contributed by atoms with Gasteiger partial charge in [-0.1, -0.05) is 0 Å². The molecule has 1 heterocycles. The third-order valence-electron chi connectivity index (χ3n) is 2.05. The molecule has 1 aromatic rings. The number of rotatable bonds is 5. The van der Waals surface area contributed by atoms with Gasteiger partial charge >= 0.3 is 5.97 Å². The van der Waals surface area contributed by atoms with Gasteiger partial charge in [-0.05, 0) is 24.6 Å². The van der Waals surface area contributed by atoms with E-state index in [4.69, 9.17) is 10.5 Å². The first-order valence-corrected chi connectivity index (χ1v) is 5.20. The molecule has 0 amide bonds. The van der Waals surface area contributed by atoms with Gasteiger partial charge in [0, 0.05) is 6.54 Å². The average Bonchev–Trinajstić information content (AvgIpc) is 2.28. The molecule has 0 fully saturated rings. The average molecular weight is 244 g/mol. The lowest BCUT2D eigenvalue weighted by molar-refractivity contribution is -0.142. The van der Waals surface area contributed by atoms with Crippen molar-refractivity contribution in [3.63, 3.8) is 0 Å². The van der Waals surface area contributed by atoms with Crippen molar-refractivity contribution in [2.75, 3.05) is 6.61 Å². The Balaban J connectivity index is 2.90. The molecule has 1 rings (SSSR count). The van der Waals surface area contributed by atoms with Gasteiger partial charge in [0.05, 0.1) is 18.7 Å². The van der Waals surface area contributed by atoms with Crippen LogP contribution in [-0.2, 0) is 22.5 Å². The van der Waals surface area contributed by atoms with E-state index in [0.29, 0.717) is 5.56 Å². The molecule has 0 unspecified atom stereocenters. The molecular weight excluding hydrogens is 230 g/mol. The van der Waals surface area contributed by atoms with Crippen LogP contribution in [0.3, 0.4) is 0 Å². The molecule has 2 N–H and O–H groups in total. The summed E-state index contributed by atoms with van der Waals surface area (Å²) in [4.78, 5) is 14.9. The van der Waals surface area contributed by atoms with Gasteiger partial charge in [0.15, 0.2) is 0 Å². The third kappa shape index (κ3) is 4.07. The molecular formula is C11H14F2N2O2. The van der Waals surface area contributed by atoms with Gasteiger partial charge < -0.3 is 10.5 Å². The van der Waals surface area contributed by atoms with Gasteiger partial charge in [0.1, 0.15) is 5.69 Å². The Morgan fingerprint density at radius 1 is 1.53 bits per heavy atom. The molecule has 0 aliphatic heterocycles. The minimum Gasteiger partial charge on any atom is -0.466 e. The smallest absolute Gasteiger partial charge is 0.311 e. The number of hydrogen-bond donors (Lipinski definition) is 1. The number of aromatic nitrogens is 1. The van der Waals surface area contributed by atoms with E-state index in [9.17, 15) is 13.6 Å². The number of hydrogen-bond acceptors (Lipinski definition) is 4. The van der Waals surface area contributed by atoms with E-state index in [1.807, 2.05) is 0 Å². The normalized spacial score (nSPS) is 10.6. The zero-order valence-corrected chi connectivity index (χ0v) is 9.45. The van der Waals surface area contributed by atoms with Gasteiger partial charge in [-0.3, -0.25) is 9.78 Å². The predicted molar refractivity (Wildman–Crippen MR) is 57.4 cm³/mol. The van der Waals surface area contributed by atoms with Gasteiger partial charge in [0.2, 0.25) is 0 Å². The first kappa shape index (κ1) is 13.5. The van der Waals surface area contributed by atoms with Crippen molar-refractivity contribution in [1.82, 2.24) is 4.98 Å². The molecule has 0 bridgehead atoms. The molecule has 17 heavy (non-hydrogen) atoms. The topological polar surface area (TPSA) is 65.2 Å². The molecule has 0 aromatic carbocycles. The van der Waals surface area contributed by atoms with Gasteiger partial charge in [-0.25, -0.2) is 8.78 Å². The van der Waals surface area contributed by atoms with Crippen molar-refractivity contribution in [2.24, 2.45) is 5.73 Å². The van der Waals surface area contributed by atoms with Gasteiger partial charge in [-0.15, -0.1) is 0 Å². The Kier molecular flexibility index (Phi) is 4.96. The van der Waals surface area contributed by atoms with Crippen molar-refractivity contribution in [2.45, 2.75) is 26.3 Å². The minimum atomic E-state index is -2.68. The minimum absolute atomic E-state index is 0.123. The molecule has 1 aromatic heterocycles. The van der Waals surface area contributed by atoms with E-state index in [2.05, 4.69) is 4.98 Å². The van der Waals surface area contributed by atoms with Crippen LogP contribution in [0.1, 0.15) is 30.3 Å². The van der Waals surface area contributed by atoms with Crippen molar-refractivity contribution < 1.29 is 18.3 Å². The lowest BCUT2D eigenvalue weighted by Crippen LogP contribution is -2.11. The number of nitrogens with zero attached hydrogens (tertiary/aromatic N) is 1. The Hall–Kier alpha value is -1.56. The lowest BCUT2D eigenvalue weighted by Gasteiger charge is -2.07. The van der Waals surface area contributed by atoms with Gasteiger partial charge in [-0.2, -0.15) is 0 Å². The van der Waals surface area contributed by atoms with Crippen molar-refractivity contribution in [3.8, 4) is 0 Å². The van der Waals surface area contributed by atoms with E-state index in [1.165, 1.54) is 12.1 Å². The molecule has 6 heteroatoms. The van der Waals surface area contributed by atoms with E-state index >= 15 is 0 Å². The third-order valence-corrected chi connectivity index (χ3v) is 2.05. The molecule has 0 atom stereocenters. The summed E-state index contributed by atoms with van der Waals surface area (Å²) in [7, 11) is 0. The summed E-state index contributed by atoms with van der Waals surface area (Å²) in [6, 6.07) is 2.77. The summed E-state index contributed by atoms with van der Waals surface area (Å²) in [5.41, 5.74) is 5.79. The lowest BCUT2D eigenvalue weighted by atomic mass is 10.1. The SMILES string of the molecule is CCOC(=O)Cc1cc(CN)cc(C(F)F)n1. The van der Waals surface area contributed by atoms with Crippen molar-refractivity contribution in [1.29, 1.82) is 0 Å². The van der Waals surface area contributed by atoms with E-state index < -0.39 is 12.4 Å². The summed E-state index contributed by atoms with van der Waals surface area (Å²) in [5.74, 6) is -0.491. The number of alkyl halides is 2. The fourth-order valence-electron chi connectivity index (χ4n) is 1.36. The number of carbonyl (C=O) groups is 1. The largest absolute Gasteiger partial charge is 0.466 e.